The van der Waals surface area contributed by atoms with Crippen molar-refractivity contribution in [2.45, 2.75) is 25.1 Å². The molecule has 0 amide bonds. The van der Waals surface area contributed by atoms with Gasteiger partial charge in [0.1, 0.15) is 5.75 Å². The first kappa shape index (κ1) is 12.2. The Labute approximate surface area is 98.8 Å². The molecule has 0 fully saturated rings. The van der Waals surface area contributed by atoms with Crippen molar-refractivity contribution in [1.82, 2.24) is 0 Å². The Bertz CT molecular complexity index is 378. The fourth-order valence-electron chi connectivity index (χ4n) is 1.36. The molecule has 2 nitrogen and oxygen atoms in total. The molecule has 0 atom stereocenters. The minimum atomic E-state index is -0.520. The highest BCUT2D eigenvalue weighted by Gasteiger charge is 2.25. The lowest BCUT2D eigenvalue weighted by atomic mass is 9.99. The molecular formula is C12H15BrO2. The number of halogens is 1. The SMILES string of the molecule is COc1ccc(C(=O)C(C)(C)Br)cc1C. The Morgan fingerprint density at radius 2 is 2.00 bits per heavy atom. The molecule has 0 aromatic heterocycles. The maximum atomic E-state index is 11.9. The predicted octanol–water partition coefficient (Wildman–Crippen LogP) is 3.36. The van der Waals surface area contributed by atoms with E-state index in [-0.39, 0.29) is 5.78 Å². The summed E-state index contributed by atoms with van der Waals surface area (Å²) in [6, 6.07) is 5.46. The summed E-state index contributed by atoms with van der Waals surface area (Å²) in [5.41, 5.74) is 1.68. The molecule has 0 bridgehead atoms. The van der Waals surface area contributed by atoms with Gasteiger partial charge in [0.25, 0.3) is 0 Å². The van der Waals surface area contributed by atoms with Gasteiger partial charge in [-0.05, 0) is 44.5 Å². The lowest BCUT2D eigenvalue weighted by Crippen LogP contribution is -2.24. The van der Waals surface area contributed by atoms with Gasteiger partial charge in [-0.3, -0.25) is 4.79 Å². The van der Waals surface area contributed by atoms with Crippen LogP contribution in [0, 0.1) is 6.92 Å². The van der Waals surface area contributed by atoms with Gasteiger partial charge in [-0.2, -0.15) is 0 Å². The van der Waals surface area contributed by atoms with Gasteiger partial charge in [-0.15, -0.1) is 0 Å². The zero-order valence-corrected chi connectivity index (χ0v) is 11.0. The number of methoxy groups -OCH3 is 1. The van der Waals surface area contributed by atoms with Crippen molar-refractivity contribution in [2.24, 2.45) is 0 Å². The number of ether oxygens (including phenoxy) is 1. The van der Waals surface area contributed by atoms with Gasteiger partial charge < -0.3 is 4.74 Å². The van der Waals surface area contributed by atoms with E-state index < -0.39 is 4.32 Å². The number of ketones is 1. The molecule has 1 rings (SSSR count). The summed E-state index contributed by atoms with van der Waals surface area (Å²) in [4.78, 5) is 11.9. The van der Waals surface area contributed by atoms with Crippen LogP contribution in [0.15, 0.2) is 18.2 Å². The van der Waals surface area contributed by atoms with E-state index in [0.717, 1.165) is 11.3 Å². The number of hydrogen-bond acceptors (Lipinski definition) is 2. The van der Waals surface area contributed by atoms with Gasteiger partial charge in [-0.1, -0.05) is 15.9 Å². The van der Waals surface area contributed by atoms with Crippen molar-refractivity contribution < 1.29 is 9.53 Å². The van der Waals surface area contributed by atoms with Crippen LogP contribution in [0.3, 0.4) is 0 Å². The van der Waals surface area contributed by atoms with Crippen LogP contribution in [-0.4, -0.2) is 17.2 Å². The van der Waals surface area contributed by atoms with Crippen molar-refractivity contribution in [3.05, 3.63) is 29.3 Å². The topological polar surface area (TPSA) is 26.3 Å². The highest BCUT2D eigenvalue weighted by molar-refractivity contribution is 9.10. The summed E-state index contributed by atoms with van der Waals surface area (Å²) in [7, 11) is 1.62. The Morgan fingerprint density at radius 1 is 1.40 bits per heavy atom. The van der Waals surface area contributed by atoms with Crippen molar-refractivity contribution in [3.8, 4) is 5.75 Å². The number of aryl methyl sites for hydroxylation is 1. The van der Waals surface area contributed by atoms with E-state index in [0.29, 0.717) is 5.56 Å². The van der Waals surface area contributed by atoms with Crippen LogP contribution in [0.1, 0.15) is 29.8 Å². The Hall–Kier alpha value is -0.830. The van der Waals surface area contributed by atoms with Gasteiger partial charge in [0.15, 0.2) is 5.78 Å². The number of Topliss-reactive ketones (excluding diaryl/α,β-unsaturated/α-hetero) is 1. The average Bonchev–Trinajstić information content (AvgIpc) is 2.15. The van der Waals surface area contributed by atoms with Crippen LogP contribution in [-0.2, 0) is 0 Å². The van der Waals surface area contributed by atoms with Gasteiger partial charge in [0.2, 0.25) is 0 Å². The van der Waals surface area contributed by atoms with Gasteiger partial charge in [0.05, 0.1) is 11.4 Å². The van der Waals surface area contributed by atoms with Crippen molar-refractivity contribution in [2.75, 3.05) is 7.11 Å². The summed E-state index contributed by atoms with van der Waals surface area (Å²) in [5, 5.41) is 0. The van der Waals surface area contributed by atoms with E-state index in [2.05, 4.69) is 15.9 Å². The third-order valence-corrected chi connectivity index (χ3v) is 2.56. The quantitative estimate of drug-likeness (QED) is 0.622. The fraction of sp³-hybridized carbons (Fsp3) is 0.417. The minimum Gasteiger partial charge on any atom is -0.496 e. The molecule has 15 heavy (non-hydrogen) atoms. The minimum absolute atomic E-state index is 0.0771. The van der Waals surface area contributed by atoms with Crippen LogP contribution >= 0.6 is 15.9 Å². The van der Waals surface area contributed by atoms with E-state index in [1.165, 1.54) is 0 Å². The summed E-state index contributed by atoms with van der Waals surface area (Å²) in [5.74, 6) is 0.882. The fourth-order valence-corrected chi connectivity index (χ4v) is 1.59. The molecule has 3 heteroatoms. The number of carbonyl (C=O) groups is 1. The van der Waals surface area contributed by atoms with Gasteiger partial charge >= 0.3 is 0 Å². The van der Waals surface area contributed by atoms with Crippen LogP contribution in [0.5, 0.6) is 5.75 Å². The van der Waals surface area contributed by atoms with E-state index in [1.54, 1.807) is 13.2 Å². The van der Waals surface area contributed by atoms with E-state index >= 15 is 0 Å². The average molecular weight is 271 g/mol. The molecule has 0 radical (unpaired) electrons. The lowest BCUT2D eigenvalue weighted by molar-refractivity contribution is 0.0961. The molecule has 0 N–H and O–H groups in total. The summed E-state index contributed by atoms with van der Waals surface area (Å²) in [6.07, 6.45) is 0. The maximum absolute atomic E-state index is 11.9. The molecule has 82 valence electrons. The van der Waals surface area contributed by atoms with Gasteiger partial charge in [0, 0.05) is 5.56 Å². The highest BCUT2D eigenvalue weighted by atomic mass is 79.9. The third-order valence-electron chi connectivity index (χ3n) is 2.20. The Morgan fingerprint density at radius 3 is 2.40 bits per heavy atom. The standard InChI is InChI=1S/C12H15BrO2/c1-8-7-9(5-6-10(8)15-4)11(14)12(2,3)13/h5-7H,1-4H3. The molecule has 0 unspecified atom stereocenters. The largest absolute Gasteiger partial charge is 0.496 e. The number of rotatable bonds is 3. The van der Waals surface area contributed by atoms with Crippen molar-refractivity contribution in [3.63, 3.8) is 0 Å². The number of carbonyl (C=O) groups excluding carboxylic acids is 1. The van der Waals surface area contributed by atoms with Crippen LogP contribution in [0.4, 0.5) is 0 Å². The Balaban J connectivity index is 3.08. The molecule has 1 aromatic rings. The second-order valence-electron chi connectivity index (χ2n) is 3.99. The zero-order chi connectivity index (χ0) is 11.6. The normalized spacial score (nSPS) is 11.3. The van der Waals surface area contributed by atoms with Crippen LogP contribution in [0.2, 0.25) is 0 Å². The molecule has 1 aromatic carbocycles. The zero-order valence-electron chi connectivity index (χ0n) is 9.43. The smallest absolute Gasteiger partial charge is 0.178 e. The second kappa shape index (κ2) is 4.35. The summed E-state index contributed by atoms with van der Waals surface area (Å²) >= 11 is 3.36. The highest BCUT2D eigenvalue weighted by Crippen LogP contribution is 2.25. The number of benzene rings is 1. The maximum Gasteiger partial charge on any atom is 0.178 e. The summed E-state index contributed by atoms with van der Waals surface area (Å²) < 4.78 is 4.62. The van der Waals surface area contributed by atoms with Crippen molar-refractivity contribution >= 4 is 21.7 Å². The van der Waals surface area contributed by atoms with E-state index in [1.807, 2.05) is 32.9 Å². The number of hydrogen-bond donors (Lipinski definition) is 0. The first-order valence-corrected chi connectivity index (χ1v) is 5.54. The first-order chi connectivity index (χ1) is 6.86. The molecule has 0 saturated heterocycles. The molecule has 0 spiro atoms. The number of alkyl halides is 1. The van der Waals surface area contributed by atoms with Crippen LogP contribution < -0.4 is 4.74 Å². The third kappa shape index (κ3) is 2.81. The van der Waals surface area contributed by atoms with E-state index in [4.69, 9.17) is 4.74 Å². The molecule has 0 heterocycles. The molecule has 0 aliphatic heterocycles. The van der Waals surface area contributed by atoms with Crippen molar-refractivity contribution in [1.29, 1.82) is 0 Å². The second-order valence-corrected chi connectivity index (χ2v) is 5.97. The molecule has 0 saturated carbocycles. The molecule has 0 aliphatic rings. The van der Waals surface area contributed by atoms with Gasteiger partial charge in [-0.25, -0.2) is 0 Å². The van der Waals surface area contributed by atoms with Crippen LogP contribution in [0.25, 0.3) is 0 Å². The lowest BCUT2D eigenvalue weighted by Gasteiger charge is -2.15. The molecular weight excluding hydrogens is 256 g/mol. The molecule has 0 aliphatic carbocycles. The predicted molar refractivity (Wildman–Crippen MR) is 65.1 cm³/mol. The van der Waals surface area contributed by atoms with E-state index in [9.17, 15) is 4.79 Å². The summed E-state index contributed by atoms with van der Waals surface area (Å²) in [6.45, 7) is 5.61. The first-order valence-electron chi connectivity index (χ1n) is 4.74. The Kier molecular flexibility index (Phi) is 3.55. The monoisotopic (exact) mass is 270 g/mol.